The van der Waals surface area contributed by atoms with Crippen LogP contribution in [0.4, 0.5) is 0 Å². The summed E-state index contributed by atoms with van der Waals surface area (Å²) in [6.07, 6.45) is 1.10. The fraction of sp³-hybridized carbons (Fsp3) is 0.278. The summed E-state index contributed by atoms with van der Waals surface area (Å²) in [4.78, 5) is 12.2. The zero-order chi connectivity index (χ0) is 15.9. The van der Waals surface area contributed by atoms with Crippen LogP contribution in [0.25, 0.3) is 0 Å². The largest absolute Gasteiger partial charge is 0.497 e. The number of benzene rings is 2. The van der Waals surface area contributed by atoms with Gasteiger partial charge in [-0.1, -0.05) is 48.9 Å². The summed E-state index contributed by atoms with van der Waals surface area (Å²) in [6.45, 7) is 2.05. The maximum Gasteiger partial charge on any atom is 0.224 e. The third-order valence-electron chi connectivity index (χ3n) is 3.57. The Morgan fingerprint density at radius 1 is 1.18 bits per heavy atom. The summed E-state index contributed by atoms with van der Waals surface area (Å²) >= 11 is 6.10. The maximum atomic E-state index is 12.2. The van der Waals surface area contributed by atoms with E-state index in [1.54, 1.807) is 13.2 Å². The number of halogens is 1. The summed E-state index contributed by atoms with van der Waals surface area (Å²) in [5.74, 6) is 0.775. The Morgan fingerprint density at radius 2 is 1.86 bits per heavy atom. The monoisotopic (exact) mass is 317 g/mol. The van der Waals surface area contributed by atoms with Crippen LogP contribution in [0.3, 0.4) is 0 Å². The van der Waals surface area contributed by atoms with Crippen LogP contribution in [-0.2, 0) is 11.2 Å². The zero-order valence-electron chi connectivity index (χ0n) is 12.8. The normalized spacial score (nSPS) is 11.8. The van der Waals surface area contributed by atoms with E-state index < -0.39 is 0 Å². The highest BCUT2D eigenvalue weighted by atomic mass is 35.5. The van der Waals surface area contributed by atoms with Gasteiger partial charge in [0.05, 0.1) is 19.6 Å². The lowest BCUT2D eigenvalue weighted by molar-refractivity contribution is -0.121. The summed E-state index contributed by atoms with van der Waals surface area (Å²) in [5.41, 5.74) is 1.90. The van der Waals surface area contributed by atoms with Crippen molar-refractivity contribution in [2.24, 2.45) is 0 Å². The van der Waals surface area contributed by atoms with E-state index in [9.17, 15) is 4.79 Å². The summed E-state index contributed by atoms with van der Waals surface area (Å²) in [7, 11) is 1.64. The zero-order valence-corrected chi connectivity index (χ0v) is 13.6. The number of nitrogens with one attached hydrogen (secondary N) is 1. The van der Waals surface area contributed by atoms with Crippen LogP contribution in [0.5, 0.6) is 5.75 Å². The second-order valence-electron chi connectivity index (χ2n) is 5.07. The number of ether oxygens (including phenoxy) is 1. The molecular weight excluding hydrogens is 298 g/mol. The molecule has 2 aromatic rings. The number of amides is 1. The number of methoxy groups -OCH3 is 1. The van der Waals surface area contributed by atoms with Gasteiger partial charge in [0.1, 0.15) is 5.75 Å². The molecular formula is C18H20ClNO2. The van der Waals surface area contributed by atoms with Crippen LogP contribution in [0.1, 0.15) is 30.5 Å². The lowest BCUT2D eigenvalue weighted by Crippen LogP contribution is -2.29. The van der Waals surface area contributed by atoms with E-state index >= 15 is 0 Å². The Hall–Kier alpha value is -2.00. The molecule has 116 valence electrons. The highest BCUT2D eigenvalue weighted by Crippen LogP contribution is 2.21. The third kappa shape index (κ3) is 4.25. The van der Waals surface area contributed by atoms with Crippen molar-refractivity contribution in [3.8, 4) is 5.75 Å². The van der Waals surface area contributed by atoms with Crippen molar-refractivity contribution >= 4 is 17.5 Å². The van der Waals surface area contributed by atoms with Gasteiger partial charge in [0, 0.05) is 5.02 Å². The van der Waals surface area contributed by atoms with Gasteiger partial charge in [-0.25, -0.2) is 0 Å². The van der Waals surface area contributed by atoms with E-state index in [0.717, 1.165) is 23.3 Å². The summed E-state index contributed by atoms with van der Waals surface area (Å²) in [6, 6.07) is 15.1. The minimum atomic E-state index is -0.0317. The van der Waals surface area contributed by atoms with Crippen molar-refractivity contribution in [1.29, 1.82) is 0 Å². The molecule has 2 rings (SSSR count). The van der Waals surface area contributed by atoms with Gasteiger partial charge in [-0.3, -0.25) is 4.79 Å². The molecule has 2 aromatic carbocycles. The van der Waals surface area contributed by atoms with Gasteiger partial charge in [0.25, 0.3) is 0 Å². The molecule has 0 saturated heterocycles. The highest BCUT2D eigenvalue weighted by Gasteiger charge is 2.14. The molecule has 0 aliphatic rings. The van der Waals surface area contributed by atoms with Crippen molar-refractivity contribution in [2.45, 2.75) is 25.8 Å². The quantitative estimate of drug-likeness (QED) is 0.868. The van der Waals surface area contributed by atoms with Crippen LogP contribution in [0, 0.1) is 0 Å². The van der Waals surface area contributed by atoms with Crippen molar-refractivity contribution in [3.63, 3.8) is 0 Å². The molecule has 1 unspecified atom stereocenters. The molecule has 1 N–H and O–H groups in total. The number of carbonyl (C=O) groups excluding carboxylic acids is 1. The highest BCUT2D eigenvalue weighted by molar-refractivity contribution is 6.31. The number of hydrogen-bond acceptors (Lipinski definition) is 2. The first kappa shape index (κ1) is 16.4. The molecule has 22 heavy (non-hydrogen) atoms. The lowest BCUT2D eigenvalue weighted by atomic mass is 10.0. The van der Waals surface area contributed by atoms with E-state index in [4.69, 9.17) is 16.3 Å². The van der Waals surface area contributed by atoms with Gasteiger partial charge in [0.2, 0.25) is 5.91 Å². The predicted octanol–water partition coefficient (Wildman–Crippen LogP) is 4.16. The van der Waals surface area contributed by atoms with Crippen molar-refractivity contribution in [1.82, 2.24) is 5.32 Å². The van der Waals surface area contributed by atoms with Crippen LogP contribution in [0.2, 0.25) is 5.02 Å². The molecule has 0 heterocycles. The molecule has 0 aliphatic carbocycles. The summed E-state index contributed by atoms with van der Waals surface area (Å²) in [5, 5.41) is 3.68. The lowest BCUT2D eigenvalue weighted by Gasteiger charge is -2.18. The Kier molecular flexibility index (Phi) is 5.84. The minimum absolute atomic E-state index is 0.0131. The first-order chi connectivity index (χ1) is 10.6. The van der Waals surface area contributed by atoms with Crippen molar-refractivity contribution < 1.29 is 9.53 Å². The fourth-order valence-corrected chi connectivity index (χ4v) is 2.52. The molecule has 0 aliphatic heterocycles. The first-order valence-corrected chi connectivity index (χ1v) is 7.68. The third-order valence-corrected chi connectivity index (χ3v) is 3.94. The van der Waals surface area contributed by atoms with Gasteiger partial charge in [-0.2, -0.15) is 0 Å². The molecule has 3 nitrogen and oxygen atoms in total. The molecule has 4 heteroatoms. The second kappa shape index (κ2) is 7.85. The molecule has 0 spiro atoms. The van der Waals surface area contributed by atoms with Crippen LogP contribution < -0.4 is 10.1 Å². The second-order valence-corrected chi connectivity index (χ2v) is 5.48. The minimum Gasteiger partial charge on any atom is -0.497 e. The van der Waals surface area contributed by atoms with E-state index in [1.165, 1.54) is 0 Å². The molecule has 1 atom stereocenters. The van der Waals surface area contributed by atoms with Gasteiger partial charge in [-0.15, -0.1) is 0 Å². The standard InChI is InChI=1S/C18H20ClNO2/c1-3-17(13-8-10-15(22-2)11-9-13)20-18(21)12-14-6-4-5-7-16(14)19/h4-11,17H,3,12H2,1-2H3,(H,20,21). The number of rotatable bonds is 6. The SMILES string of the molecule is CCC(NC(=O)Cc1ccccc1Cl)c1ccc(OC)cc1. The van der Waals surface area contributed by atoms with Gasteiger partial charge in [0.15, 0.2) is 0 Å². The first-order valence-electron chi connectivity index (χ1n) is 7.30. The maximum absolute atomic E-state index is 12.2. The van der Waals surface area contributed by atoms with E-state index in [1.807, 2.05) is 49.4 Å². The Bertz CT molecular complexity index is 625. The van der Waals surface area contributed by atoms with Gasteiger partial charge < -0.3 is 10.1 Å². The average Bonchev–Trinajstić information content (AvgIpc) is 2.55. The predicted molar refractivity (Wildman–Crippen MR) is 89.3 cm³/mol. The molecule has 1 amide bonds. The molecule has 0 aromatic heterocycles. The smallest absolute Gasteiger partial charge is 0.224 e. The van der Waals surface area contributed by atoms with Crippen LogP contribution in [0.15, 0.2) is 48.5 Å². The van der Waals surface area contributed by atoms with Crippen molar-refractivity contribution in [3.05, 3.63) is 64.7 Å². The van der Waals surface area contributed by atoms with Gasteiger partial charge in [-0.05, 0) is 35.7 Å². The molecule has 0 fully saturated rings. The van der Waals surface area contributed by atoms with Crippen LogP contribution in [-0.4, -0.2) is 13.0 Å². The molecule has 0 radical (unpaired) electrons. The van der Waals surface area contributed by atoms with Crippen LogP contribution >= 0.6 is 11.6 Å². The fourth-order valence-electron chi connectivity index (χ4n) is 2.32. The average molecular weight is 318 g/mol. The Balaban J connectivity index is 2.03. The Morgan fingerprint density at radius 3 is 2.45 bits per heavy atom. The van der Waals surface area contributed by atoms with E-state index in [-0.39, 0.29) is 18.4 Å². The number of hydrogen-bond donors (Lipinski definition) is 1. The molecule has 0 saturated carbocycles. The van der Waals surface area contributed by atoms with E-state index in [0.29, 0.717) is 5.02 Å². The topological polar surface area (TPSA) is 38.3 Å². The summed E-state index contributed by atoms with van der Waals surface area (Å²) < 4.78 is 5.15. The Labute approximate surface area is 136 Å². The van der Waals surface area contributed by atoms with Gasteiger partial charge >= 0.3 is 0 Å². The molecule has 0 bridgehead atoms. The van der Waals surface area contributed by atoms with E-state index in [2.05, 4.69) is 5.32 Å². The van der Waals surface area contributed by atoms with Crippen molar-refractivity contribution in [2.75, 3.05) is 7.11 Å². The number of carbonyl (C=O) groups is 1.